The fraction of sp³-hybridized carbons (Fsp3) is 0.130. The zero-order valence-corrected chi connectivity index (χ0v) is 17.8. The van der Waals surface area contributed by atoms with E-state index in [4.69, 9.17) is 4.74 Å². The zero-order valence-electron chi connectivity index (χ0n) is 17.0. The van der Waals surface area contributed by atoms with Gasteiger partial charge >= 0.3 is 0 Å². The van der Waals surface area contributed by atoms with Crippen LogP contribution in [0, 0.1) is 17.6 Å². The summed E-state index contributed by atoms with van der Waals surface area (Å²) in [6.45, 7) is 0. The highest BCUT2D eigenvalue weighted by atomic mass is 32.1. The Hall–Kier alpha value is -3.92. The maximum Gasteiger partial charge on any atom is 0.255 e. The highest BCUT2D eigenvalue weighted by molar-refractivity contribution is 7.16. The van der Waals surface area contributed by atoms with Crippen molar-refractivity contribution in [3.63, 3.8) is 0 Å². The van der Waals surface area contributed by atoms with E-state index in [-0.39, 0.29) is 34.8 Å². The Morgan fingerprint density at radius 2 is 1.85 bits per heavy atom. The molecule has 0 unspecified atom stereocenters. The number of anilines is 2. The topological polar surface area (TPSA) is 93.2 Å². The molecule has 1 saturated carbocycles. The molecule has 2 N–H and O–H groups in total. The van der Waals surface area contributed by atoms with Gasteiger partial charge in [0, 0.05) is 35.9 Å². The number of ether oxygens (including phenoxy) is 1. The number of pyridine rings is 1. The Labute approximate surface area is 190 Å². The third kappa shape index (κ3) is 4.65. The zero-order chi connectivity index (χ0) is 22.9. The van der Waals surface area contributed by atoms with Crippen LogP contribution in [0.15, 0.2) is 54.2 Å². The average Bonchev–Trinajstić information content (AvgIpc) is 3.55. The van der Waals surface area contributed by atoms with Gasteiger partial charge in [0.2, 0.25) is 5.91 Å². The SMILES string of the molecule is O=C(Nc1cc(F)c(Oc2ccnc(NC(=O)C3CC3)c2)cc1F)c1ccc2ncsc2c1. The van der Waals surface area contributed by atoms with Crippen LogP contribution >= 0.6 is 11.3 Å². The van der Waals surface area contributed by atoms with E-state index in [0.717, 1.165) is 35.2 Å². The summed E-state index contributed by atoms with van der Waals surface area (Å²) in [6, 6.07) is 9.46. The van der Waals surface area contributed by atoms with Crippen LogP contribution in [0.2, 0.25) is 0 Å². The Bertz CT molecular complexity index is 1390. The fourth-order valence-electron chi connectivity index (χ4n) is 3.14. The number of carbonyl (C=O) groups is 2. The van der Waals surface area contributed by atoms with Crippen molar-refractivity contribution in [2.75, 3.05) is 10.6 Å². The molecule has 0 spiro atoms. The Morgan fingerprint density at radius 3 is 2.67 bits per heavy atom. The minimum absolute atomic E-state index is 0.00504. The van der Waals surface area contributed by atoms with Crippen LogP contribution in [0.5, 0.6) is 11.5 Å². The van der Waals surface area contributed by atoms with Gasteiger partial charge in [0.05, 0.1) is 21.4 Å². The van der Waals surface area contributed by atoms with Crippen molar-refractivity contribution in [2.45, 2.75) is 12.8 Å². The summed E-state index contributed by atoms with van der Waals surface area (Å²) < 4.78 is 35.5. The van der Waals surface area contributed by atoms with Crippen LogP contribution in [0.3, 0.4) is 0 Å². The van der Waals surface area contributed by atoms with E-state index in [1.165, 1.54) is 29.7 Å². The molecule has 0 aliphatic heterocycles. The van der Waals surface area contributed by atoms with Gasteiger partial charge in [0.1, 0.15) is 11.6 Å². The molecule has 1 fully saturated rings. The molecule has 2 aromatic heterocycles. The monoisotopic (exact) mass is 466 g/mol. The van der Waals surface area contributed by atoms with Gasteiger partial charge in [-0.05, 0) is 37.1 Å². The van der Waals surface area contributed by atoms with E-state index in [9.17, 15) is 18.4 Å². The number of hydrogen-bond acceptors (Lipinski definition) is 6. The lowest BCUT2D eigenvalue weighted by Gasteiger charge is -2.12. The second-order valence-corrected chi connectivity index (χ2v) is 8.38. The second-order valence-electron chi connectivity index (χ2n) is 7.49. The van der Waals surface area contributed by atoms with Crippen molar-refractivity contribution in [3.8, 4) is 11.5 Å². The lowest BCUT2D eigenvalue weighted by Crippen LogP contribution is -2.14. The first-order valence-corrected chi connectivity index (χ1v) is 10.9. The summed E-state index contributed by atoms with van der Waals surface area (Å²) >= 11 is 1.37. The molecule has 1 aliphatic rings. The minimum atomic E-state index is -0.870. The van der Waals surface area contributed by atoms with E-state index < -0.39 is 17.5 Å². The van der Waals surface area contributed by atoms with Crippen LogP contribution in [0.1, 0.15) is 23.2 Å². The van der Waals surface area contributed by atoms with Gasteiger partial charge in [0.25, 0.3) is 5.91 Å². The smallest absolute Gasteiger partial charge is 0.255 e. The predicted molar refractivity (Wildman–Crippen MR) is 120 cm³/mol. The Morgan fingerprint density at radius 1 is 1.00 bits per heavy atom. The molecule has 7 nitrogen and oxygen atoms in total. The third-order valence-electron chi connectivity index (χ3n) is 5.02. The molecule has 1 aliphatic carbocycles. The van der Waals surface area contributed by atoms with Crippen molar-refractivity contribution < 1.29 is 23.1 Å². The summed E-state index contributed by atoms with van der Waals surface area (Å²) in [7, 11) is 0. The molecule has 0 atom stereocenters. The highest BCUT2D eigenvalue weighted by Crippen LogP contribution is 2.32. The number of amides is 2. The number of benzene rings is 2. The molecular formula is C23H16F2N4O3S. The quantitative estimate of drug-likeness (QED) is 0.399. The number of rotatable bonds is 6. The molecule has 2 amide bonds. The molecule has 33 heavy (non-hydrogen) atoms. The molecule has 2 aromatic carbocycles. The first kappa shape index (κ1) is 21.0. The van der Waals surface area contributed by atoms with E-state index in [1.54, 1.807) is 23.7 Å². The molecule has 166 valence electrons. The van der Waals surface area contributed by atoms with Crippen molar-refractivity contribution in [1.82, 2.24) is 9.97 Å². The molecule has 0 bridgehead atoms. The second kappa shape index (κ2) is 8.55. The highest BCUT2D eigenvalue weighted by Gasteiger charge is 2.29. The van der Waals surface area contributed by atoms with Crippen LogP contribution in [-0.4, -0.2) is 21.8 Å². The summed E-state index contributed by atoms with van der Waals surface area (Å²) in [5, 5.41) is 5.04. The van der Waals surface area contributed by atoms with E-state index in [2.05, 4.69) is 20.6 Å². The van der Waals surface area contributed by atoms with Crippen molar-refractivity contribution >= 4 is 44.9 Å². The maximum atomic E-state index is 14.6. The number of halogens is 2. The van der Waals surface area contributed by atoms with E-state index >= 15 is 0 Å². The molecule has 4 aromatic rings. The van der Waals surface area contributed by atoms with Crippen LogP contribution in [0.4, 0.5) is 20.3 Å². The summed E-state index contributed by atoms with van der Waals surface area (Å²) in [6.07, 6.45) is 3.07. The number of carbonyl (C=O) groups excluding carboxylic acids is 2. The van der Waals surface area contributed by atoms with Gasteiger partial charge in [-0.1, -0.05) is 0 Å². The number of aromatic nitrogens is 2. The number of nitrogens with zero attached hydrogens (tertiary/aromatic N) is 2. The van der Waals surface area contributed by atoms with Gasteiger partial charge < -0.3 is 15.4 Å². The van der Waals surface area contributed by atoms with Gasteiger partial charge in [-0.25, -0.2) is 18.7 Å². The van der Waals surface area contributed by atoms with Gasteiger partial charge in [-0.15, -0.1) is 11.3 Å². The lowest BCUT2D eigenvalue weighted by molar-refractivity contribution is -0.117. The minimum Gasteiger partial charge on any atom is -0.454 e. The maximum absolute atomic E-state index is 14.6. The number of thiazole rings is 1. The van der Waals surface area contributed by atoms with Crippen LogP contribution in [-0.2, 0) is 4.79 Å². The normalized spacial score (nSPS) is 13.0. The van der Waals surface area contributed by atoms with Gasteiger partial charge in [-0.3, -0.25) is 9.59 Å². The Balaban J connectivity index is 1.31. The van der Waals surface area contributed by atoms with Crippen LogP contribution < -0.4 is 15.4 Å². The van der Waals surface area contributed by atoms with E-state index in [1.807, 2.05) is 0 Å². The fourth-order valence-corrected chi connectivity index (χ4v) is 3.85. The number of hydrogen-bond donors (Lipinski definition) is 2. The Kier molecular flexibility index (Phi) is 5.43. The average molecular weight is 466 g/mol. The van der Waals surface area contributed by atoms with Crippen molar-refractivity contribution in [1.29, 1.82) is 0 Å². The standard InChI is InChI=1S/C23H16F2N4O3S/c24-15-10-19(32-14-5-6-26-21(8-14)29-22(30)12-1-2-12)16(25)9-18(15)28-23(31)13-3-4-17-20(7-13)33-11-27-17/h3-12H,1-2H2,(H,28,31)(H,26,29,30). The van der Waals surface area contributed by atoms with Crippen molar-refractivity contribution in [2.24, 2.45) is 5.92 Å². The third-order valence-corrected chi connectivity index (χ3v) is 5.81. The summed E-state index contributed by atoms with van der Waals surface area (Å²) in [4.78, 5) is 32.6. The first-order chi connectivity index (χ1) is 16.0. The number of fused-ring (bicyclic) bond motifs is 1. The van der Waals surface area contributed by atoms with Crippen LogP contribution in [0.25, 0.3) is 10.2 Å². The molecule has 0 radical (unpaired) electrons. The molecule has 2 heterocycles. The lowest BCUT2D eigenvalue weighted by atomic mass is 10.2. The molecule has 0 saturated heterocycles. The molecule has 10 heteroatoms. The summed E-state index contributed by atoms with van der Waals surface area (Å²) in [5.41, 5.74) is 2.39. The van der Waals surface area contributed by atoms with Crippen molar-refractivity contribution in [3.05, 3.63) is 71.4 Å². The first-order valence-electron chi connectivity index (χ1n) is 10.0. The number of nitrogens with one attached hydrogen (secondary N) is 2. The van der Waals surface area contributed by atoms with E-state index in [0.29, 0.717) is 5.56 Å². The van der Waals surface area contributed by atoms with Gasteiger partial charge in [0.15, 0.2) is 17.4 Å². The van der Waals surface area contributed by atoms with Gasteiger partial charge in [-0.2, -0.15) is 0 Å². The molecular weight excluding hydrogens is 450 g/mol. The molecule has 5 rings (SSSR count). The predicted octanol–water partition coefficient (Wildman–Crippen LogP) is 5.36. The largest absolute Gasteiger partial charge is 0.454 e. The summed E-state index contributed by atoms with van der Waals surface area (Å²) in [5.74, 6) is -2.40.